The number of hydrogen-bond acceptors (Lipinski definition) is 6. The molecule has 2 aromatic carbocycles. The van der Waals surface area contributed by atoms with E-state index < -0.39 is 20.0 Å². The Hall–Kier alpha value is -2.76. The summed E-state index contributed by atoms with van der Waals surface area (Å²) < 4.78 is 56.7. The van der Waals surface area contributed by atoms with Crippen LogP contribution < -0.4 is 4.72 Å². The Balaban J connectivity index is 1.59. The van der Waals surface area contributed by atoms with Gasteiger partial charge in [-0.1, -0.05) is 18.6 Å². The van der Waals surface area contributed by atoms with Crippen molar-refractivity contribution in [1.82, 2.24) is 19.1 Å². The van der Waals surface area contributed by atoms with Gasteiger partial charge in [0.25, 0.3) is 10.0 Å². The minimum Gasteiger partial charge on any atom is -0.277 e. The average molecular weight is 448 g/mol. The van der Waals surface area contributed by atoms with Crippen LogP contribution in [0.3, 0.4) is 0 Å². The third-order valence-corrected chi connectivity index (χ3v) is 8.20. The Kier molecular flexibility index (Phi) is 5.58. The minimum absolute atomic E-state index is 0.0338. The van der Waals surface area contributed by atoms with Crippen molar-refractivity contribution >= 4 is 25.7 Å². The fourth-order valence-corrected chi connectivity index (χ4v) is 5.93. The van der Waals surface area contributed by atoms with Crippen LogP contribution in [0.4, 0.5) is 5.69 Å². The third-order valence-electron chi connectivity index (χ3n) is 4.90. The molecule has 0 amide bonds. The van der Waals surface area contributed by atoms with Crippen LogP contribution in [0.1, 0.15) is 19.3 Å². The molecule has 1 aliphatic heterocycles. The summed E-state index contributed by atoms with van der Waals surface area (Å²) in [5, 5.41) is 4.03. The third kappa shape index (κ3) is 4.09. The van der Waals surface area contributed by atoms with Crippen molar-refractivity contribution in [2.75, 3.05) is 17.8 Å². The topological polar surface area (TPSA) is 114 Å². The molecule has 30 heavy (non-hydrogen) atoms. The molecule has 0 bridgehead atoms. The SMILES string of the molecule is O=S(=O)(Nc1ccccc1-n1cncn1)c1ccc(S(=O)(=O)N2CCCCC2)cc1. The highest BCUT2D eigenvalue weighted by Gasteiger charge is 2.26. The van der Waals surface area contributed by atoms with Crippen molar-refractivity contribution in [2.24, 2.45) is 0 Å². The van der Waals surface area contributed by atoms with Gasteiger partial charge in [-0.25, -0.2) is 26.5 Å². The summed E-state index contributed by atoms with van der Waals surface area (Å²) in [5.74, 6) is 0. The smallest absolute Gasteiger partial charge is 0.261 e. The van der Waals surface area contributed by atoms with E-state index in [4.69, 9.17) is 0 Å². The molecule has 11 heteroatoms. The molecule has 1 saturated heterocycles. The summed E-state index contributed by atoms with van der Waals surface area (Å²) in [6.45, 7) is 0.978. The molecule has 1 aromatic heterocycles. The van der Waals surface area contributed by atoms with Crippen LogP contribution >= 0.6 is 0 Å². The Bertz CT molecular complexity index is 1220. The molecule has 1 N–H and O–H groups in total. The van der Waals surface area contributed by atoms with E-state index in [1.165, 1.54) is 45.9 Å². The molecule has 158 valence electrons. The van der Waals surface area contributed by atoms with E-state index in [0.717, 1.165) is 19.3 Å². The molecule has 2 heterocycles. The Morgan fingerprint density at radius 3 is 2.17 bits per heavy atom. The lowest BCUT2D eigenvalue weighted by Gasteiger charge is -2.25. The number of piperidine rings is 1. The number of rotatable bonds is 6. The second-order valence-electron chi connectivity index (χ2n) is 6.90. The van der Waals surface area contributed by atoms with Crippen LogP contribution in [0.2, 0.25) is 0 Å². The van der Waals surface area contributed by atoms with Crippen LogP contribution in [0.25, 0.3) is 5.69 Å². The van der Waals surface area contributed by atoms with E-state index in [2.05, 4.69) is 14.8 Å². The van der Waals surface area contributed by atoms with Gasteiger partial charge in [0, 0.05) is 13.1 Å². The van der Waals surface area contributed by atoms with E-state index in [1.807, 2.05) is 0 Å². The van der Waals surface area contributed by atoms with Gasteiger partial charge < -0.3 is 0 Å². The van der Waals surface area contributed by atoms with Gasteiger partial charge in [0.05, 0.1) is 21.2 Å². The molecule has 0 aliphatic carbocycles. The lowest BCUT2D eigenvalue weighted by atomic mass is 10.2. The lowest BCUT2D eigenvalue weighted by molar-refractivity contribution is 0.346. The fourth-order valence-electron chi connectivity index (χ4n) is 3.34. The van der Waals surface area contributed by atoms with E-state index in [9.17, 15) is 16.8 Å². The standard InChI is InChI=1S/C19H21N5O4S2/c25-29(26,22-18-6-2-3-7-19(18)24-15-20-14-21-24)16-8-10-17(11-9-16)30(27,28)23-12-4-1-5-13-23/h2-3,6-11,14-15,22H,1,4-5,12-13H2. The first kappa shape index (κ1) is 20.5. The van der Waals surface area contributed by atoms with Crippen LogP contribution in [0.15, 0.2) is 71.0 Å². The number of para-hydroxylation sites is 2. The quantitative estimate of drug-likeness (QED) is 0.620. The first-order valence-corrected chi connectivity index (χ1v) is 12.4. The summed E-state index contributed by atoms with van der Waals surface area (Å²) in [7, 11) is -7.55. The second kappa shape index (κ2) is 8.17. The summed E-state index contributed by atoms with van der Waals surface area (Å²) in [6.07, 6.45) is 5.51. The lowest BCUT2D eigenvalue weighted by Crippen LogP contribution is -2.35. The number of hydrogen-bond donors (Lipinski definition) is 1. The maximum Gasteiger partial charge on any atom is 0.261 e. The molecule has 0 spiro atoms. The molecule has 0 atom stereocenters. The van der Waals surface area contributed by atoms with Gasteiger partial charge >= 0.3 is 0 Å². The molecule has 0 saturated carbocycles. The number of aromatic nitrogens is 3. The largest absolute Gasteiger partial charge is 0.277 e. The predicted molar refractivity (Wildman–Crippen MR) is 111 cm³/mol. The number of benzene rings is 2. The summed E-state index contributed by atoms with van der Waals surface area (Å²) in [6, 6.07) is 12.1. The van der Waals surface area contributed by atoms with E-state index in [-0.39, 0.29) is 9.79 Å². The first-order chi connectivity index (χ1) is 14.4. The van der Waals surface area contributed by atoms with Gasteiger partial charge in [-0.2, -0.15) is 9.40 Å². The number of sulfonamides is 2. The van der Waals surface area contributed by atoms with Gasteiger partial charge in [-0.05, 0) is 49.2 Å². The van der Waals surface area contributed by atoms with Crippen molar-refractivity contribution in [3.05, 3.63) is 61.2 Å². The normalized spacial score (nSPS) is 15.7. The van der Waals surface area contributed by atoms with Crippen molar-refractivity contribution in [1.29, 1.82) is 0 Å². The Morgan fingerprint density at radius 2 is 1.50 bits per heavy atom. The molecular formula is C19H21N5O4S2. The van der Waals surface area contributed by atoms with Crippen molar-refractivity contribution in [3.63, 3.8) is 0 Å². The monoisotopic (exact) mass is 447 g/mol. The number of nitrogens with zero attached hydrogens (tertiary/aromatic N) is 4. The molecular weight excluding hydrogens is 426 g/mol. The first-order valence-electron chi connectivity index (χ1n) is 9.45. The fraction of sp³-hybridized carbons (Fsp3) is 0.263. The van der Waals surface area contributed by atoms with Gasteiger partial charge in [0.15, 0.2) is 0 Å². The van der Waals surface area contributed by atoms with Crippen molar-refractivity contribution < 1.29 is 16.8 Å². The highest BCUT2D eigenvalue weighted by molar-refractivity contribution is 7.92. The molecule has 4 rings (SSSR count). The molecule has 0 unspecified atom stereocenters. The maximum atomic E-state index is 12.9. The van der Waals surface area contributed by atoms with Crippen LogP contribution in [-0.4, -0.2) is 49.0 Å². The van der Waals surface area contributed by atoms with E-state index >= 15 is 0 Å². The molecule has 0 radical (unpaired) electrons. The molecule has 1 fully saturated rings. The van der Waals surface area contributed by atoms with Crippen LogP contribution in [0, 0.1) is 0 Å². The maximum absolute atomic E-state index is 12.9. The highest BCUT2D eigenvalue weighted by Crippen LogP contribution is 2.25. The van der Waals surface area contributed by atoms with E-state index in [1.54, 1.807) is 24.3 Å². The van der Waals surface area contributed by atoms with E-state index in [0.29, 0.717) is 24.5 Å². The van der Waals surface area contributed by atoms with Crippen LogP contribution in [0.5, 0.6) is 0 Å². The second-order valence-corrected chi connectivity index (χ2v) is 10.5. The zero-order valence-corrected chi connectivity index (χ0v) is 17.7. The molecule has 3 aromatic rings. The summed E-state index contributed by atoms with van der Waals surface area (Å²) in [4.78, 5) is 3.93. The van der Waals surface area contributed by atoms with Gasteiger partial charge in [-0.3, -0.25) is 4.72 Å². The van der Waals surface area contributed by atoms with Crippen LogP contribution in [-0.2, 0) is 20.0 Å². The summed E-state index contributed by atoms with van der Waals surface area (Å²) in [5.41, 5.74) is 0.843. The van der Waals surface area contributed by atoms with Gasteiger partial charge in [0.2, 0.25) is 10.0 Å². The zero-order valence-electron chi connectivity index (χ0n) is 16.0. The number of anilines is 1. The summed E-state index contributed by atoms with van der Waals surface area (Å²) >= 11 is 0. The van der Waals surface area contributed by atoms with Gasteiger partial charge in [-0.15, -0.1) is 0 Å². The Labute approximate surface area is 175 Å². The zero-order chi connectivity index (χ0) is 21.2. The van der Waals surface area contributed by atoms with Crippen molar-refractivity contribution in [2.45, 2.75) is 29.1 Å². The van der Waals surface area contributed by atoms with Crippen molar-refractivity contribution in [3.8, 4) is 5.69 Å². The minimum atomic E-state index is -3.93. The Morgan fingerprint density at radius 1 is 0.833 bits per heavy atom. The molecule has 9 nitrogen and oxygen atoms in total. The predicted octanol–water partition coefficient (Wildman–Crippen LogP) is 2.24. The number of nitrogens with one attached hydrogen (secondary N) is 1. The van der Waals surface area contributed by atoms with Gasteiger partial charge in [0.1, 0.15) is 12.7 Å². The average Bonchev–Trinajstić information content (AvgIpc) is 3.29. The molecule has 1 aliphatic rings. The highest BCUT2D eigenvalue weighted by atomic mass is 32.2.